The van der Waals surface area contributed by atoms with Gasteiger partial charge in [0.1, 0.15) is 5.75 Å². The van der Waals surface area contributed by atoms with Crippen LogP contribution < -0.4 is 15.2 Å². The van der Waals surface area contributed by atoms with E-state index < -0.39 is 17.9 Å². The molecule has 0 unspecified atom stereocenters. The molecule has 1 amide bonds. The van der Waals surface area contributed by atoms with Crippen LogP contribution >= 0.6 is 11.6 Å². The molecule has 0 aliphatic carbocycles. The molecule has 0 bridgehead atoms. The van der Waals surface area contributed by atoms with Crippen LogP contribution in [0, 0.1) is 0 Å². The second-order valence-electron chi connectivity index (χ2n) is 6.23. The van der Waals surface area contributed by atoms with Crippen molar-refractivity contribution in [3.05, 3.63) is 64.7 Å². The van der Waals surface area contributed by atoms with Crippen LogP contribution in [-0.4, -0.2) is 18.5 Å². The van der Waals surface area contributed by atoms with Gasteiger partial charge in [0.05, 0.1) is 6.04 Å². The molecule has 0 fully saturated rings. The largest absolute Gasteiger partial charge is 0.550 e. The summed E-state index contributed by atoms with van der Waals surface area (Å²) >= 11 is 5.85. The van der Waals surface area contributed by atoms with Crippen molar-refractivity contribution in [1.82, 2.24) is 5.32 Å². The second kappa shape index (κ2) is 9.25. The van der Waals surface area contributed by atoms with Gasteiger partial charge >= 0.3 is 0 Å². The zero-order valence-electron chi connectivity index (χ0n) is 14.7. The Morgan fingerprint density at radius 1 is 1.12 bits per heavy atom. The number of nitrogens with one attached hydrogen (secondary N) is 1. The van der Waals surface area contributed by atoms with Gasteiger partial charge in [-0.15, -0.1) is 0 Å². The smallest absolute Gasteiger partial charge is 0.258 e. The van der Waals surface area contributed by atoms with E-state index in [0.29, 0.717) is 16.3 Å². The van der Waals surface area contributed by atoms with E-state index in [1.165, 1.54) is 0 Å². The maximum atomic E-state index is 12.3. The summed E-state index contributed by atoms with van der Waals surface area (Å²) in [5, 5.41) is 14.2. The van der Waals surface area contributed by atoms with Gasteiger partial charge in [0, 0.05) is 17.4 Å². The zero-order valence-corrected chi connectivity index (χ0v) is 15.5. The van der Waals surface area contributed by atoms with Crippen LogP contribution in [0.5, 0.6) is 5.75 Å². The Kier molecular flexibility index (Phi) is 7.04. The predicted octanol–water partition coefficient (Wildman–Crippen LogP) is 2.84. The highest BCUT2D eigenvalue weighted by Gasteiger charge is 2.16. The average Bonchev–Trinajstić information content (AvgIpc) is 2.60. The molecule has 0 aromatic heterocycles. The summed E-state index contributed by atoms with van der Waals surface area (Å²) in [7, 11) is 0. The van der Waals surface area contributed by atoms with Crippen LogP contribution in [-0.2, 0) is 9.59 Å². The number of para-hydroxylation sites is 1. The molecule has 1 N–H and O–H groups in total. The fourth-order valence-corrected chi connectivity index (χ4v) is 2.71. The lowest BCUT2D eigenvalue weighted by Gasteiger charge is -2.20. The molecule has 0 heterocycles. The maximum absolute atomic E-state index is 12.3. The highest BCUT2D eigenvalue weighted by Crippen LogP contribution is 2.26. The minimum atomic E-state index is -1.25. The number of halogens is 1. The lowest BCUT2D eigenvalue weighted by molar-refractivity contribution is -0.306. The third-order valence-electron chi connectivity index (χ3n) is 3.88. The Labute approximate surface area is 157 Å². The van der Waals surface area contributed by atoms with E-state index in [9.17, 15) is 14.7 Å². The SMILES string of the molecule is CC(C)c1ccccc1OCC(=O)N[C@H](CC(=O)[O-])c1ccc(Cl)cc1. The molecule has 2 rings (SSSR count). The van der Waals surface area contributed by atoms with E-state index in [-0.39, 0.29) is 18.9 Å². The highest BCUT2D eigenvalue weighted by atomic mass is 35.5. The van der Waals surface area contributed by atoms with Gasteiger partial charge in [-0.2, -0.15) is 0 Å². The minimum Gasteiger partial charge on any atom is -0.550 e. The topological polar surface area (TPSA) is 78.5 Å². The summed E-state index contributed by atoms with van der Waals surface area (Å²) < 4.78 is 5.62. The maximum Gasteiger partial charge on any atom is 0.258 e. The molecule has 1 atom stereocenters. The molecular formula is C20H21ClNO4-. The Bertz CT molecular complexity index is 759. The van der Waals surface area contributed by atoms with Crippen molar-refractivity contribution in [1.29, 1.82) is 0 Å². The molecule has 0 aliphatic heterocycles. The third-order valence-corrected chi connectivity index (χ3v) is 4.13. The van der Waals surface area contributed by atoms with Crippen LogP contribution in [0.2, 0.25) is 5.02 Å². The Morgan fingerprint density at radius 2 is 1.77 bits per heavy atom. The first-order valence-electron chi connectivity index (χ1n) is 8.33. The Morgan fingerprint density at radius 3 is 2.38 bits per heavy atom. The fraction of sp³-hybridized carbons (Fsp3) is 0.300. The number of carbonyl (C=O) groups is 2. The molecule has 0 aliphatic rings. The van der Waals surface area contributed by atoms with E-state index in [2.05, 4.69) is 5.32 Å². The molecular weight excluding hydrogens is 354 g/mol. The van der Waals surface area contributed by atoms with E-state index in [0.717, 1.165) is 5.56 Å². The predicted molar refractivity (Wildman–Crippen MR) is 98.0 cm³/mol. The molecule has 0 radical (unpaired) electrons. The van der Waals surface area contributed by atoms with Gasteiger partial charge in [-0.25, -0.2) is 0 Å². The molecule has 2 aromatic carbocycles. The molecule has 0 saturated carbocycles. The summed E-state index contributed by atoms with van der Waals surface area (Å²) in [5.41, 5.74) is 1.64. The number of carboxylic acids is 1. The molecule has 5 nitrogen and oxygen atoms in total. The van der Waals surface area contributed by atoms with Crippen LogP contribution in [0.4, 0.5) is 0 Å². The number of hydrogen-bond donors (Lipinski definition) is 1. The zero-order chi connectivity index (χ0) is 19.1. The number of ether oxygens (including phenoxy) is 1. The molecule has 0 spiro atoms. The quantitative estimate of drug-likeness (QED) is 0.770. The van der Waals surface area contributed by atoms with Crippen molar-refractivity contribution < 1.29 is 19.4 Å². The highest BCUT2D eigenvalue weighted by molar-refractivity contribution is 6.30. The van der Waals surface area contributed by atoms with Crippen molar-refractivity contribution in [3.8, 4) is 5.75 Å². The van der Waals surface area contributed by atoms with Gasteiger partial charge in [-0.3, -0.25) is 4.79 Å². The molecule has 138 valence electrons. The number of amides is 1. The van der Waals surface area contributed by atoms with Gasteiger partial charge < -0.3 is 20.0 Å². The molecule has 2 aromatic rings. The van der Waals surface area contributed by atoms with E-state index in [4.69, 9.17) is 16.3 Å². The first kappa shape index (κ1) is 19.8. The summed E-state index contributed by atoms with van der Waals surface area (Å²) in [6, 6.07) is 13.4. The van der Waals surface area contributed by atoms with E-state index >= 15 is 0 Å². The van der Waals surface area contributed by atoms with Gasteiger partial charge in [0.2, 0.25) is 0 Å². The Hall–Kier alpha value is -2.53. The number of rotatable bonds is 8. The normalized spacial score (nSPS) is 11.8. The van der Waals surface area contributed by atoms with Crippen molar-refractivity contribution in [2.24, 2.45) is 0 Å². The first-order valence-corrected chi connectivity index (χ1v) is 8.71. The first-order chi connectivity index (χ1) is 12.4. The van der Waals surface area contributed by atoms with Crippen molar-refractivity contribution in [2.45, 2.75) is 32.2 Å². The number of carboxylic acid groups (broad SMARTS) is 1. The monoisotopic (exact) mass is 374 g/mol. The van der Waals surface area contributed by atoms with E-state index in [1.54, 1.807) is 30.3 Å². The number of benzene rings is 2. The van der Waals surface area contributed by atoms with Crippen LogP contribution in [0.1, 0.15) is 43.4 Å². The lowest BCUT2D eigenvalue weighted by atomic mass is 10.0. The van der Waals surface area contributed by atoms with Crippen molar-refractivity contribution >= 4 is 23.5 Å². The van der Waals surface area contributed by atoms with Gasteiger partial charge in [-0.1, -0.05) is 55.8 Å². The summed E-state index contributed by atoms with van der Waals surface area (Å²) in [6.45, 7) is 3.87. The second-order valence-corrected chi connectivity index (χ2v) is 6.67. The van der Waals surface area contributed by atoms with Crippen molar-refractivity contribution in [2.75, 3.05) is 6.61 Å². The minimum absolute atomic E-state index is 0.207. The standard InChI is InChI=1S/C20H22ClNO4/c1-13(2)16-5-3-4-6-18(16)26-12-19(23)22-17(11-20(24)25)14-7-9-15(21)10-8-14/h3-10,13,17H,11-12H2,1-2H3,(H,22,23)(H,24,25)/p-1/t17-/m1/s1. The van der Waals surface area contributed by atoms with Crippen LogP contribution in [0.25, 0.3) is 0 Å². The fourth-order valence-electron chi connectivity index (χ4n) is 2.58. The lowest BCUT2D eigenvalue weighted by Crippen LogP contribution is -2.36. The van der Waals surface area contributed by atoms with E-state index in [1.807, 2.05) is 32.0 Å². The van der Waals surface area contributed by atoms with Gasteiger partial charge in [-0.05, 0) is 35.2 Å². The van der Waals surface area contributed by atoms with Gasteiger partial charge in [0.15, 0.2) is 6.61 Å². The summed E-state index contributed by atoms with van der Waals surface area (Å²) in [4.78, 5) is 23.3. The number of hydrogen-bond acceptors (Lipinski definition) is 4. The molecule has 6 heteroatoms. The number of carbonyl (C=O) groups excluding carboxylic acids is 2. The van der Waals surface area contributed by atoms with Gasteiger partial charge in [0.25, 0.3) is 5.91 Å². The number of aliphatic carboxylic acids is 1. The summed E-state index contributed by atoms with van der Waals surface area (Å²) in [6.07, 6.45) is -0.337. The molecule has 26 heavy (non-hydrogen) atoms. The van der Waals surface area contributed by atoms with Crippen LogP contribution in [0.3, 0.4) is 0 Å². The van der Waals surface area contributed by atoms with Crippen molar-refractivity contribution in [3.63, 3.8) is 0 Å². The third kappa shape index (κ3) is 5.77. The molecule has 0 saturated heterocycles. The average molecular weight is 375 g/mol. The Balaban J connectivity index is 2.03. The summed E-state index contributed by atoms with van der Waals surface area (Å²) in [5.74, 6) is -0.768. The van der Waals surface area contributed by atoms with Crippen LogP contribution in [0.15, 0.2) is 48.5 Å².